The smallest absolute Gasteiger partial charge is 0.303 e. The van der Waals surface area contributed by atoms with Gasteiger partial charge in [0, 0.05) is 43.3 Å². The van der Waals surface area contributed by atoms with Gasteiger partial charge in [0.15, 0.2) is 5.82 Å². The Hall–Kier alpha value is -2.12. The van der Waals surface area contributed by atoms with Crippen LogP contribution in [0.2, 0.25) is 0 Å². The summed E-state index contributed by atoms with van der Waals surface area (Å²) in [6, 6.07) is 6.72. The molecule has 3 heterocycles. The first-order chi connectivity index (χ1) is 15.1. The lowest BCUT2D eigenvalue weighted by Gasteiger charge is -2.63. The molecule has 162 valence electrons. The fourth-order valence-electron chi connectivity index (χ4n) is 6.80. The average molecular weight is 437 g/mol. The number of fused-ring (bicyclic) bond motifs is 2. The highest BCUT2D eigenvalue weighted by Crippen LogP contribution is 2.63. The number of anilines is 2. The van der Waals surface area contributed by atoms with Gasteiger partial charge in [-0.05, 0) is 66.5 Å². The molecule has 1 saturated heterocycles. The zero-order valence-electron chi connectivity index (χ0n) is 17.6. The van der Waals surface area contributed by atoms with Crippen LogP contribution in [0.1, 0.15) is 44.1 Å². The summed E-state index contributed by atoms with van der Waals surface area (Å²) in [4.78, 5) is 23.8. The Labute approximate surface area is 186 Å². The van der Waals surface area contributed by atoms with Gasteiger partial charge in [-0.25, -0.2) is 9.97 Å². The molecule has 2 aliphatic carbocycles. The third-order valence-electron chi connectivity index (χ3n) is 8.06. The van der Waals surface area contributed by atoms with Crippen LogP contribution in [-0.2, 0) is 11.3 Å². The minimum atomic E-state index is -0.629. The molecule has 2 aliphatic heterocycles. The largest absolute Gasteiger partial charge is 0.481 e. The molecule has 7 heteroatoms. The number of carbonyl (C=O) groups is 1. The topological polar surface area (TPSA) is 78.4 Å². The van der Waals surface area contributed by atoms with Crippen molar-refractivity contribution in [3.05, 3.63) is 36.2 Å². The second-order valence-electron chi connectivity index (χ2n) is 9.89. The molecule has 2 atom stereocenters. The van der Waals surface area contributed by atoms with E-state index in [-0.39, 0.29) is 0 Å². The Kier molecular flexibility index (Phi) is 4.72. The van der Waals surface area contributed by atoms with Gasteiger partial charge in [0.05, 0.1) is 5.69 Å². The van der Waals surface area contributed by atoms with Crippen molar-refractivity contribution in [2.45, 2.75) is 55.0 Å². The Morgan fingerprint density at radius 2 is 1.97 bits per heavy atom. The van der Waals surface area contributed by atoms with Crippen molar-refractivity contribution in [1.82, 2.24) is 14.9 Å². The lowest BCUT2D eigenvalue weighted by Crippen LogP contribution is -2.60. The van der Waals surface area contributed by atoms with Gasteiger partial charge >= 0.3 is 5.97 Å². The molecule has 1 aromatic carbocycles. The molecule has 0 amide bonds. The molecule has 6 nitrogen and oxygen atoms in total. The van der Waals surface area contributed by atoms with Crippen LogP contribution in [-0.4, -0.2) is 39.0 Å². The molecule has 2 saturated carbocycles. The second kappa shape index (κ2) is 7.48. The normalized spacial score (nSPS) is 31.3. The van der Waals surface area contributed by atoms with E-state index in [1.54, 1.807) is 24.2 Å². The first-order valence-corrected chi connectivity index (χ1v) is 12.2. The summed E-state index contributed by atoms with van der Waals surface area (Å²) in [7, 11) is 0. The van der Waals surface area contributed by atoms with Crippen LogP contribution in [0.25, 0.3) is 0 Å². The molecule has 2 aromatic rings. The molecular formula is C24H28N4O2S. The molecule has 2 N–H and O–H groups in total. The first kappa shape index (κ1) is 19.6. The minimum absolute atomic E-state index is 0.360. The summed E-state index contributed by atoms with van der Waals surface area (Å²) >= 11 is 1.67. The molecule has 2 unspecified atom stereocenters. The standard InChI is InChI=1S/C24H28N4O2S/c29-21(30)9-16-10-24(11-16)17-2-1-3-18(24)14-28(13-17)12-15-4-5-20-19(8-15)27-22-23(31-20)26-7-6-25-22/h4-8,16-18H,1-3,9-14H2,(H,25,27)(H,29,30). The summed E-state index contributed by atoms with van der Waals surface area (Å²) in [5.74, 6) is 2.09. The van der Waals surface area contributed by atoms with Crippen LogP contribution in [0.4, 0.5) is 11.5 Å². The van der Waals surface area contributed by atoms with Gasteiger partial charge in [0.2, 0.25) is 0 Å². The van der Waals surface area contributed by atoms with Crippen LogP contribution in [0.15, 0.2) is 40.5 Å². The molecule has 1 aromatic heterocycles. The third-order valence-corrected chi connectivity index (χ3v) is 9.13. The van der Waals surface area contributed by atoms with Gasteiger partial charge in [-0.3, -0.25) is 9.69 Å². The molecule has 1 spiro atoms. The predicted molar refractivity (Wildman–Crippen MR) is 119 cm³/mol. The average Bonchev–Trinajstić information content (AvgIpc) is 2.71. The zero-order valence-corrected chi connectivity index (χ0v) is 18.4. The van der Waals surface area contributed by atoms with Crippen LogP contribution >= 0.6 is 11.8 Å². The number of likely N-dealkylation sites (tertiary alicyclic amines) is 1. The lowest BCUT2D eigenvalue weighted by atomic mass is 9.45. The van der Waals surface area contributed by atoms with Crippen molar-refractivity contribution in [3.8, 4) is 0 Å². The van der Waals surface area contributed by atoms with Crippen molar-refractivity contribution < 1.29 is 9.90 Å². The number of piperidine rings is 1. The van der Waals surface area contributed by atoms with E-state index < -0.39 is 5.97 Å². The van der Waals surface area contributed by atoms with Crippen molar-refractivity contribution in [1.29, 1.82) is 0 Å². The van der Waals surface area contributed by atoms with Gasteiger partial charge in [-0.15, -0.1) is 0 Å². The lowest BCUT2D eigenvalue weighted by molar-refractivity contribution is -0.156. The van der Waals surface area contributed by atoms with Crippen molar-refractivity contribution >= 4 is 29.2 Å². The fourth-order valence-corrected chi connectivity index (χ4v) is 7.68. The summed E-state index contributed by atoms with van der Waals surface area (Å²) < 4.78 is 0. The van der Waals surface area contributed by atoms with Gasteiger partial charge < -0.3 is 10.4 Å². The van der Waals surface area contributed by atoms with Gasteiger partial charge in [0.25, 0.3) is 0 Å². The fraction of sp³-hybridized carbons (Fsp3) is 0.542. The van der Waals surface area contributed by atoms with Crippen LogP contribution in [0.5, 0.6) is 0 Å². The van der Waals surface area contributed by atoms with Crippen LogP contribution in [0.3, 0.4) is 0 Å². The Morgan fingerprint density at radius 1 is 1.19 bits per heavy atom. The number of nitrogens with one attached hydrogen (secondary N) is 1. The molecule has 2 bridgehead atoms. The van der Waals surface area contributed by atoms with E-state index in [4.69, 9.17) is 5.11 Å². The monoisotopic (exact) mass is 436 g/mol. The maximum Gasteiger partial charge on any atom is 0.303 e. The Balaban J connectivity index is 1.15. The number of carboxylic acid groups (broad SMARTS) is 1. The molecular weight excluding hydrogens is 408 g/mol. The Bertz CT molecular complexity index is 1010. The quantitative estimate of drug-likeness (QED) is 0.609. The number of hydrogen-bond acceptors (Lipinski definition) is 6. The van der Waals surface area contributed by atoms with Gasteiger partial charge in [-0.1, -0.05) is 24.2 Å². The van der Waals surface area contributed by atoms with Crippen molar-refractivity contribution in [2.75, 3.05) is 18.4 Å². The van der Waals surface area contributed by atoms with Crippen molar-refractivity contribution in [3.63, 3.8) is 0 Å². The maximum atomic E-state index is 11.1. The van der Waals surface area contributed by atoms with E-state index in [0.29, 0.717) is 17.8 Å². The van der Waals surface area contributed by atoms with Crippen LogP contribution in [0, 0.1) is 23.2 Å². The number of hydrogen-bond donors (Lipinski definition) is 2. The predicted octanol–water partition coefficient (Wildman–Crippen LogP) is 4.79. The number of rotatable bonds is 4. The van der Waals surface area contributed by atoms with E-state index >= 15 is 0 Å². The van der Waals surface area contributed by atoms with E-state index in [2.05, 4.69) is 38.4 Å². The minimum Gasteiger partial charge on any atom is -0.481 e. The summed E-state index contributed by atoms with van der Waals surface area (Å²) in [5.41, 5.74) is 2.90. The second-order valence-corrected chi connectivity index (χ2v) is 10.9. The maximum absolute atomic E-state index is 11.1. The number of nitrogens with zero attached hydrogens (tertiary/aromatic N) is 3. The third kappa shape index (κ3) is 3.42. The number of aliphatic carboxylic acids is 1. The number of aromatic nitrogens is 2. The van der Waals surface area contributed by atoms with E-state index in [1.165, 1.54) is 29.7 Å². The highest BCUT2D eigenvalue weighted by molar-refractivity contribution is 7.99. The summed E-state index contributed by atoms with van der Waals surface area (Å²) in [6.45, 7) is 3.29. The molecule has 31 heavy (non-hydrogen) atoms. The van der Waals surface area contributed by atoms with E-state index in [1.807, 2.05) is 0 Å². The van der Waals surface area contributed by atoms with E-state index in [0.717, 1.165) is 60.8 Å². The molecule has 4 aliphatic rings. The zero-order chi connectivity index (χ0) is 21.0. The highest BCUT2D eigenvalue weighted by Gasteiger charge is 2.57. The first-order valence-electron chi connectivity index (χ1n) is 11.4. The number of carboxylic acids is 1. The number of benzene rings is 1. The van der Waals surface area contributed by atoms with Gasteiger partial charge in [-0.2, -0.15) is 0 Å². The summed E-state index contributed by atoms with van der Waals surface area (Å²) in [5, 5.41) is 13.5. The molecule has 6 rings (SSSR count). The van der Waals surface area contributed by atoms with Gasteiger partial charge in [0.1, 0.15) is 5.03 Å². The molecule has 3 fully saturated rings. The molecule has 0 radical (unpaired) electrons. The Morgan fingerprint density at radius 3 is 2.74 bits per heavy atom. The summed E-state index contributed by atoms with van der Waals surface area (Å²) in [6.07, 6.45) is 10.1. The SMILES string of the molecule is O=C(O)CC1CC2(C1)C1CCCC2CN(Cc2ccc3c(c2)Nc2nccnc2S3)C1. The van der Waals surface area contributed by atoms with Crippen molar-refractivity contribution in [2.24, 2.45) is 23.2 Å². The highest BCUT2D eigenvalue weighted by atomic mass is 32.2. The van der Waals surface area contributed by atoms with Crippen LogP contribution < -0.4 is 5.32 Å². The van der Waals surface area contributed by atoms with E-state index in [9.17, 15) is 4.79 Å².